The van der Waals surface area contributed by atoms with E-state index in [2.05, 4.69) is 26.2 Å². The van der Waals surface area contributed by atoms with Crippen molar-refractivity contribution in [2.45, 2.75) is 18.3 Å². The third-order valence-corrected chi connectivity index (χ3v) is 1.81. The fourth-order valence-corrected chi connectivity index (χ4v) is 1.18. The molecule has 12 heavy (non-hydrogen) atoms. The van der Waals surface area contributed by atoms with E-state index in [1.165, 1.54) is 4.68 Å². The van der Waals surface area contributed by atoms with E-state index in [9.17, 15) is 4.79 Å². The fourth-order valence-electron chi connectivity index (χ4n) is 0.825. The molecule has 0 bridgehead atoms. The number of rotatable bonds is 3. The van der Waals surface area contributed by atoms with Crippen molar-refractivity contribution in [3.05, 3.63) is 11.9 Å². The van der Waals surface area contributed by atoms with Crippen LogP contribution in [-0.2, 0) is 11.3 Å². The van der Waals surface area contributed by atoms with E-state index in [0.29, 0.717) is 0 Å². The van der Waals surface area contributed by atoms with Crippen LogP contribution in [0.5, 0.6) is 0 Å². The van der Waals surface area contributed by atoms with Crippen LogP contribution in [0.25, 0.3) is 0 Å². The lowest BCUT2D eigenvalue weighted by Gasteiger charge is -2.03. The van der Waals surface area contributed by atoms with Gasteiger partial charge in [-0.2, -0.15) is 0 Å². The standard InChI is InChI=1S/C6H8BrN3O2/c1-4(7)5-2-8-9-10(5)3-6(11)12/h2,4H,3H2,1H3,(H,11,12). The summed E-state index contributed by atoms with van der Waals surface area (Å²) < 4.78 is 1.35. The van der Waals surface area contributed by atoms with Crippen LogP contribution in [0.2, 0.25) is 0 Å². The normalized spacial score (nSPS) is 12.8. The predicted molar refractivity (Wildman–Crippen MR) is 45.0 cm³/mol. The lowest BCUT2D eigenvalue weighted by atomic mass is 10.3. The Kier molecular flexibility index (Phi) is 2.80. The summed E-state index contributed by atoms with van der Waals surface area (Å²) in [6.45, 7) is 1.74. The number of carbonyl (C=O) groups is 1. The number of aliphatic carboxylic acids is 1. The van der Waals surface area contributed by atoms with Crippen molar-refractivity contribution in [3.8, 4) is 0 Å². The van der Waals surface area contributed by atoms with Crippen LogP contribution >= 0.6 is 15.9 Å². The van der Waals surface area contributed by atoms with Crippen molar-refractivity contribution in [2.24, 2.45) is 0 Å². The number of hydrogen-bond donors (Lipinski definition) is 1. The number of nitrogens with zero attached hydrogens (tertiary/aromatic N) is 3. The second kappa shape index (κ2) is 3.66. The zero-order valence-electron chi connectivity index (χ0n) is 6.44. The van der Waals surface area contributed by atoms with Crippen LogP contribution in [0.3, 0.4) is 0 Å². The minimum atomic E-state index is -0.921. The van der Waals surface area contributed by atoms with Crippen molar-refractivity contribution in [2.75, 3.05) is 0 Å². The summed E-state index contributed by atoms with van der Waals surface area (Å²) in [5, 5.41) is 15.7. The molecule has 0 radical (unpaired) electrons. The van der Waals surface area contributed by atoms with E-state index < -0.39 is 5.97 Å². The SMILES string of the molecule is CC(Br)c1cnnn1CC(=O)O. The molecule has 0 saturated carbocycles. The van der Waals surface area contributed by atoms with Gasteiger partial charge in [0.2, 0.25) is 0 Å². The highest BCUT2D eigenvalue weighted by molar-refractivity contribution is 9.09. The molecule has 0 saturated heterocycles. The zero-order chi connectivity index (χ0) is 9.14. The van der Waals surface area contributed by atoms with E-state index in [4.69, 9.17) is 5.11 Å². The van der Waals surface area contributed by atoms with Gasteiger partial charge in [0.1, 0.15) is 6.54 Å². The molecule has 6 heteroatoms. The molecule has 0 amide bonds. The summed E-state index contributed by atoms with van der Waals surface area (Å²) in [4.78, 5) is 10.4. The highest BCUT2D eigenvalue weighted by atomic mass is 79.9. The first-order chi connectivity index (χ1) is 5.61. The van der Waals surface area contributed by atoms with Gasteiger partial charge in [0.05, 0.1) is 16.7 Å². The zero-order valence-corrected chi connectivity index (χ0v) is 8.02. The Labute approximate surface area is 77.5 Å². The van der Waals surface area contributed by atoms with Crippen LogP contribution in [0.4, 0.5) is 0 Å². The molecule has 0 spiro atoms. The molecule has 0 fully saturated rings. The summed E-state index contributed by atoms with van der Waals surface area (Å²) >= 11 is 3.31. The van der Waals surface area contributed by atoms with Crippen LogP contribution in [0.15, 0.2) is 6.20 Å². The molecular formula is C6H8BrN3O2. The van der Waals surface area contributed by atoms with Crippen LogP contribution in [0, 0.1) is 0 Å². The molecule has 1 rings (SSSR count). The van der Waals surface area contributed by atoms with E-state index in [1.54, 1.807) is 6.20 Å². The van der Waals surface area contributed by atoms with Gasteiger partial charge >= 0.3 is 5.97 Å². The van der Waals surface area contributed by atoms with Crippen molar-refractivity contribution >= 4 is 21.9 Å². The Morgan fingerprint density at radius 3 is 3.08 bits per heavy atom. The summed E-state index contributed by atoms with van der Waals surface area (Å²) in [5.74, 6) is -0.921. The molecule has 0 aliphatic heterocycles. The molecule has 1 aromatic heterocycles. The van der Waals surface area contributed by atoms with Gasteiger partial charge in [-0.05, 0) is 6.92 Å². The van der Waals surface area contributed by atoms with Crippen LogP contribution in [-0.4, -0.2) is 26.1 Å². The molecule has 0 aromatic carbocycles. The predicted octanol–water partition coefficient (Wildman–Crippen LogP) is 0.819. The first kappa shape index (κ1) is 9.18. The second-order valence-corrected chi connectivity index (χ2v) is 3.70. The molecule has 0 aliphatic carbocycles. The maximum Gasteiger partial charge on any atom is 0.325 e. The average Bonchev–Trinajstić information content (AvgIpc) is 2.33. The highest BCUT2D eigenvalue weighted by Crippen LogP contribution is 2.19. The smallest absolute Gasteiger partial charge is 0.325 e. The van der Waals surface area contributed by atoms with Gasteiger partial charge in [-0.15, -0.1) is 5.10 Å². The summed E-state index contributed by atoms with van der Waals surface area (Å²) in [6.07, 6.45) is 1.54. The van der Waals surface area contributed by atoms with Crippen molar-refractivity contribution in [3.63, 3.8) is 0 Å². The Balaban J connectivity index is 2.84. The van der Waals surface area contributed by atoms with Gasteiger partial charge in [-0.1, -0.05) is 21.1 Å². The number of carboxylic acids is 1. The number of hydrogen-bond acceptors (Lipinski definition) is 3. The van der Waals surface area contributed by atoms with Gasteiger partial charge < -0.3 is 5.11 Å². The van der Waals surface area contributed by atoms with Gasteiger partial charge in [-0.25, -0.2) is 4.68 Å². The molecule has 1 unspecified atom stereocenters. The monoisotopic (exact) mass is 233 g/mol. The second-order valence-electron chi connectivity index (χ2n) is 2.33. The van der Waals surface area contributed by atoms with Crippen molar-refractivity contribution in [1.29, 1.82) is 0 Å². The summed E-state index contributed by atoms with van der Waals surface area (Å²) in [7, 11) is 0. The van der Waals surface area contributed by atoms with Crippen LogP contribution < -0.4 is 0 Å². The molecule has 1 N–H and O–H groups in total. The maximum absolute atomic E-state index is 10.3. The first-order valence-electron chi connectivity index (χ1n) is 3.35. The minimum absolute atomic E-state index is 0.0619. The lowest BCUT2D eigenvalue weighted by Crippen LogP contribution is -2.13. The van der Waals surface area contributed by atoms with Crippen molar-refractivity contribution < 1.29 is 9.90 Å². The number of aromatic nitrogens is 3. The number of alkyl halides is 1. The van der Waals surface area contributed by atoms with E-state index in [0.717, 1.165) is 5.69 Å². The number of halogens is 1. The quantitative estimate of drug-likeness (QED) is 0.786. The third kappa shape index (κ3) is 2.04. The highest BCUT2D eigenvalue weighted by Gasteiger charge is 2.10. The van der Waals surface area contributed by atoms with Gasteiger partial charge in [0.25, 0.3) is 0 Å². The summed E-state index contributed by atoms with van der Waals surface area (Å²) in [6, 6.07) is 0. The van der Waals surface area contributed by atoms with E-state index >= 15 is 0 Å². The molecule has 1 heterocycles. The molecular weight excluding hydrogens is 226 g/mol. The Morgan fingerprint density at radius 1 is 1.92 bits per heavy atom. The molecule has 1 aromatic rings. The maximum atomic E-state index is 10.3. The average molecular weight is 234 g/mol. The van der Waals surface area contributed by atoms with Crippen LogP contribution in [0.1, 0.15) is 17.4 Å². The molecule has 66 valence electrons. The van der Waals surface area contributed by atoms with E-state index in [-0.39, 0.29) is 11.4 Å². The lowest BCUT2D eigenvalue weighted by molar-refractivity contribution is -0.137. The molecule has 5 nitrogen and oxygen atoms in total. The third-order valence-electron chi connectivity index (χ3n) is 1.34. The Hall–Kier alpha value is -0.910. The number of carboxylic acid groups (broad SMARTS) is 1. The molecule has 0 aliphatic rings. The van der Waals surface area contributed by atoms with E-state index in [1.807, 2.05) is 6.92 Å². The van der Waals surface area contributed by atoms with Gasteiger partial charge in [0.15, 0.2) is 0 Å². The Bertz CT molecular complexity index is 284. The molecule has 1 atom stereocenters. The Morgan fingerprint density at radius 2 is 2.58 bits per heavy atom. The first-order valence-corrected chi connectivity index (χ1v) is 4.27. The van der Waals surface area contributed by atoms with Crippen molar-refractivity contribution in [1.82, 2.24) is 15.0 Å². The van der Waals surface area contributed by atoms with Gasteiger partial charge in [-0.3, -0.25) is 4.79 Å². The minimum Gasteiger partial charge on any atom is -0.480 e. The topological polar surface area (TPSA) is 68.0 Å². The summed E-state index contributed by atoms with van der Waals surface area (Å²) in [5.41, 5.74) is 0.761. The van der Waals surface area contributed by atoms with Gasteiger partial charge in [0, 0.05) is 0 Å². The largest absolute Gasteiger partial charge is 0.480 e. The fraction of sp³-hybridized carbons (Fsp3) is 0.500.